The second-order valence-electron chi connectivity index (χ2n) is 5.10. The van der Waals surface area contributed by atoms with Crippen molar-refractivity contribution in [1.29, 1.82) is 0 Å². The zero-order valence-electron chi connectivity index (χ0n) is 13.0. The molecule has 0 N–H and O–H groups in total. The van der Waals surface area contributed by atoms with Gasteiger partial charge in [0.2, 0.25) is 0 Å². The van der Waals surface area contributed by atoms with E-state index >= 15 is 0 Å². The summed E-state index contributed by atoms with van der Waals surface area (Å²) in [4.78, 5) is 16.2. The second-order valence-corrected chi connectivity index (χ2v) is 5.10. The Kier molecular flexibility index (Phi) is 4.94. The Morgan fingerprint density at radius 3 is 2.64 bits per heavy atom. The number of ether oxygens (including phenoxy) is 1. The van der Waals surface area contributed by atoms with Crippen LogP contribution >= 0.6 is 0 Å². The Bertz CT molecular complexity index is 699. The SMILES string of the molecule is C=CCc1nc(COC(=O)C(=C)C)c(-c2ccccc2)n1C. The lowest BCUT2D eigenvalue weighted by molar-refractivity contribution is -0.140. The van der Waals surface area contributed by atoms with Gasteiger partial charge in [0.05, 0.1) is 5.69 Å². The highest BCUT2D eigenvalue weighted by molar-refractivity contribution is 5.87. The molecular formula is C18H20N2O2. The fraction of sp³-hybridized carbons (Fsp3) is 0.222. The summed E-state index contributed by atoms with van der Waals surface area (Å²) in [6, 6.07) is 9.93. The maximum atomic E-state index is 11.6. The zero-order chi connectivity index (χ0) is 16.1. The molecule has 0 bridgehead atoms. The van der Waals surface area contributed by atoms with Crippen molar-refractivity contribution >= 4 is 5.97 Å². The van der Waals surface area contributed by atoms with Crippen LogP contribution in [0.25, 0.3) is 11.3 Å². The molecule has 0 aliphatic rings. The van der Waals surface area contributed by atoms with E-state index in [9.17, 15) is 4.79 Å². The van der Waals surface area contributed by atoms with E-state index in [0.717, 1.165) is 22.8 Å². The topological polar surface area (TPSA) is 44.1 Å². The Morgan fingerprint density at radius 2 is 2.05 bits per heavy atom. The number of hydrogen-bond donors (Lipinski definition) is 0. The van der Waals surface area contributed by atoms with Gasteiger partial charge in [0.15, 0.2) is 0 Å². The maximum absolute atomic E-state index is 11.6. The first-order valence-corrected chi connectivity index (χ1v) is 7.08. The molecule has 0 radical (unpaired) electrons. The molecule has 0 amide bonds. The van der Waals surface area contributed by atoms with E-state index in [1.54, 1.807) is 13.0 Å². The van der Waals surface area contributed by atoms with Crippen molar-refractivity contribution in [2.24, 2.45) is 7.05 Å². The number of rotatable bonds is 6. The predicted octanol–water partition coefficient (Wildman–Crippen LogP) is 3.43. The van der Waals surface area contributed by atoms with Gasteiger partial charge in [-0.25, -0.2) is 9.78 Å². The minimum Gasteiger partial charge on any atom is -0.456 e. The Hall–Kier alpha value is -2.62. The van der Waals surface area contributed by atoms with Crippen molar-refractivity contribution in [3.05, 3.63) is 66.7 Å². The average Bonchev–Trinajstić information content (AvgIpc) is 2.82. The van der Waals surface area contributed by atoms with Gasteiger partial charge in [-0.05, 0) is 6.92 Å². The van der Waals surface area contributed by atoms with Crippen LogP contribution < -0.4 is 0 Å². The molecule has 0 unspecified atom stereocenters. The molecule has 0 saturated carbocycles. The van der Waals surface area contributed by atoms with Crippen LogP contribution in [0.1, 0.15) is 18.4 Å². The highest BCUT2D eigenvalue weighted by Gasteiger charge is 2.17. The van der Waals surface area contributed by atoms with Crippen molar-refractivity contribution in [3.8, 4) is 11.3 Å². The van der Waals surface area contributed by atoms with Gasteiger partial charge in [-0.15, -0.1) is 6.58 Å². The van der Waals surface area contributed by atoms with Crippen molar-refractivity contribution < 1.29 is 9.53 Å². The minimum absolute atomic E-state index is 0.126. The summed E-state index contributed by atoms with van der Waals surface area (Å²) in [5.74, 6) is 0.477. The van der Waals surface area contributed by atoms with Crippen LogP contribution in [0.2, 0.25) is 0 Å². The molecule has 0 aliphatic heterocycles. The van der Waals surface area contributed by atoms with Gasteiger partial charge in [0.25, 0.3) is 0 Å². The van der Waals surface area contributed by atoms with Gasteiger partial charge in [-0.1, -0.05) is 43.0 Å². The highest BCUT2D eigenvalue weighted by Crippen LogP contribution is 2.25. The van der Waals surface area contributed by atoms with E-state index in [2.05, 4.69) is 18.1 Å². The molecule has 0 spiro atoms. The molecule has 0 fully saturated rings. The predicted molar refractivity (Wildman–Crippen MR) is 87.2 cm³/mol. The first-order chi connectivity index (χ1) is 10.5. The Labute approximate surface area is 130 Å². The normalized spacial score (nSPS) is 10.3. The van der Waals surface area contributed by atoms with E-state index in [1.165, 1.54) is 0 Å². The summed E-state index contributed by atoms with van der Waals surface area (Å²) in [5, 5.41) is 0. The molecule has 0 atom stereocenters. The van der Waals surface area contributed by atoms with Crippen LogP contribution in [-0.4, -0.2) is 15.5 Å². The van der Waals surface area contributed by atoms with Crippen molar-refractivity contribution in [2.75, 3.05) is 0 Å². The van der Waals surface area contributed by atoms with Gasteiger partial charge in [0.1, 0.15) is 18.1 Å². The fourth-order valence-corrected chi connectivity index (χ4v) is 2.23. The lowest BCUT2D eigenvalue weighted by atomic mass is 10.1. The van der Waals surface area contributed by atoms with E-state index in [0.29, 0.717) is 12.0 Å². The molecule has 0 saturated heterocycles. The van der Waals surface area contributed by atoms with Crippen LogP contribution in [-0.2, 0) is 29.6 Å². The number of nitrogens with zero attached hydrogens (tertiary/aromatic N) is 2. The number of imidazole rings is 1. The molecule has 2 aromatic rings. The molecule has 22 heavy (non-hydrogen) atoms. The highest BCUT2D eigenvalue weighted by atomic mass is 16.5. The monoisotopic (exact) mass is 296 g/mol. The third-order valence-corrected chi connectivity index (χ3v) is 3.32. The number of benzene rings is 1. The number of esters is 1. The number of carbonyl (C=O) groups is 1. The molecule has 1 aromatic heterocycles. The lowest BCUT2D eigenvalue weighted by Gasteiger charge is -2.08. The van der Waals surface area contributed by atoms with E-state index in [4.69, 9.17) is 4.74 Å². The van der Waals surface area contributed by atoms with Gasteiger partial charge in [0, 0.05) is 24.6 Å². The Balaban J connectivity index is 2.39. The van der Waals surface area contributed by atoms with E-state index in [-0.39, 0.29) is 6.61 Å². The van der Waals surface area contributed by atoms with Crippen LogP contribution in [0.4, 0.5) is 0 Å². The van der Waals surface area contributed by atoms with Crippen molar-refractivity contribution in [3.63, 3.8) is 0 Å². The van der Waals surface area contributed by atoms with Crippen LogP contribution in [0.5, 0.6) is 0 Å². The number of aromatic nitrogens is 2. The smallest absolute Gasteiger partial charge is 0.333 e. The average molecular weight is 296 g/mol. The van der Waals surface area contributed by atoms with Gasteiger partial charge >= 0.3 is 5.97 Å². The first-order valence-electron chi connectivity index (χ1n) is 7.08. The fourth-order valence-electron chi connectivity index (χ4n) is 2.23. The summed E-state index contributed by atoms with van der Waals surface area (Å²) in [7, 11) is 1.96. The molecule has 4 heteroatoms. The first kappa shape index (κ1) is 15.8. The summed E-state index contributed by atoms with van der Waals surface area (Å²) in [5.41, 5.74) is 3.10. The summed E-state index contributed by atoms with van der Waals surface area (Å²) >= 11 is 0. The molecule has 114 valence electrons. The molecular weight excluding hydrogens is 276 g/mol. The van der Waals surface area contributed by atoms with Gasteiger partial charge < -0.3 is 9.30 Å². The van der Waals surface area contributed by atoms with Crippen LogP contribution in [0.15, 0.2) is 55.1 Å². The molecule has 2 rings (SSSR count). The van der Waals surface area contributed by atoms with Gasteiger partial charge in [-0.3, -0.25) is 0 Å². The minimum atomic E-state index is -0.407. The van der Waals surface area contributed by atoms with E-state index in [1.807, 2.05) is 41.9 Å². The third-order valence-electron chi connectivity index (χ3n) is 3.32. The lowest BCUT2D eigenvalue weighted by Crippen LogP contribution is -2.06. The third kappa shape index (κ3) is 3.34. The summed E-state index contributed by atoms with van der Waals surface area (Å²) in [6.07, 6.45) is 2.46. The number of hydrogen-bond acceptors (Lipinski definition) is 3. The van der Waals surface area contributed by atoms with Crippen molar-refractivity contribution in [1.82, 2.24) is 9.55 Å². The Morgan fingerprint density at radius 1 is 1.36 bits per heavy atom. The molecule has 1 aromatic carbocycles. The molecule has 0 aliphatic carbocycles. The van der Waals surface area contributed by atoms with Crippen molar-refractivity contribution in [2.45, 2.75) is 20.0 Å². The zero-order valence-corrected chi connectivity index (χ0v) is 13.0. The summed E-state index contributed by atoms with van der Waals surface area (Å²) in [6.45, 7) is 9.10. The maximum Gasteiger partial charge on any atom is 0.333 e. The largest absolute Gasteiger partial charge is 0.456 e. The van der Waals surface area contributed by atoms with Crippen LogP contribution in [0, 0.1) is 0 Å². The standard InChI is InChI=1S/C18H20N2O2/c1-5-9-16-19-15(12-22-18(21)13(2)3)17(20(16)4)14-10-7-6-8-11-14/h5-8,10-11H,1-2,9,12H2,3-4H3. The number of allylic oxidation sites excluding steroid dienone is 1. The molecule has 1 heterocycles. The summed E-state index contributed by atoms with van der Waals surface area (Å²) < 4.78 is 7.27. The number of carbonyl (C=O) groups excluding carboxylic acids is 1. The van der Waals surface area contributed by atoms with Gasteiger partial charge in [-0.2, -0.15) is 0 Å². The quantitative estimate of drug-likeness (QED) is 0.466. The second kappa shape index (κ2) is 6.89. The van der Waals surface area contributed by atoms with Crippen LogP contribution in [0.3, 0.4) is 0 Å². The molecule has 4 nitrogen and oxygen atoms in total. The van der Waals surface area contributed by atoms with E-state index < -0.39 is 5.97 Å².